The van der Waals surface area contributed by atoms with Gasteiger partial charge in [-0.25, -0.2) is 0 Å². The van der Waals surface area contributed by atoms with E-state index in [-0.39, 0.29) is 0 Å². The minimum atomic E-state index is 0.931. The third-order valence-electron chi connectivity index (χ3n) is 6.37. The van der Waals surface area contributed by atoms with Gasteiger partial charge in [0.25, 0.3) is 0 Å². The van der Waals surface area contributed by atoms with Crippen LogP contribution in [0.15, 0.2) is 0 Å². The van der Waals surface area contributed by atoms with Crippen LogP contribution in [-0.2, 0) is 0 Å². The maximum Gasteiger partial charge on any atom is 0.00886 e. The quantitative estimate of drug-likeness (QED) is 0.115. The summed E-state index contributed by atoms with van der Waals surface area (Å²) >= 11 is 0. The first-order valence-corrected chi connectivity index (χ1v) is 13.9. The summed E-state index contributed by atoms with van der Waals surface area (Å²) in [5.74, 6) is 7.68. The van der Waals surface area contributed by atoms with Crippen molar-refractivity contribution in [1.82, 2.24) is 0 Å². The summed E-state index contributed by atoms with van der Waals surface area (Å²) in [4.78, 5) is 0. The Balaban J connectivity index is 3.14. The Kier molecular flexibility index (Phi) is 26.2. The van der Waals surface area contributed by atoms with Gasteiger partial charge < -0.3 is 0 Å². The Morgan fingerprint density at radius 2 is 0.733 bits per heavy atom. The molecule has 0 heterocycles. The Morgan fingerprint density at radius 1 is 0.433 bits per heavy atom. The summed E-state index contributed by atoms with van der Waals surface area (Å²) in [6.07, 6.45) is 32.4. The molecule has 0 aliphatic carbocycles. The van der Waals surface area contributed by atoms with Crippen molar-refractivity contribution >= 4 is 0 Å². The van der Waals surface area contributed by atoms with Gasteiger partial charge in [-0.15, -0.1) is 11.8 Å². The first-order valence-electron chi connectivity index (χ1n) is 13.9. The van der Waals surface area contributed by atoms with Gasteiger partial charge in [0.15, 0.2) is 0 Å². The molecule has 0 aliphatic rings. The third kappa shape index (κ3) is 25.6. The summed E-state index contributed by atoms with van der Waals surface area (Å²) in [5.41, 5.74) is 0. The van der Waals surface area contributed by atoms with E-state index in [1.165, 1.54) is 128 Å². The van der Waals surface area contributed by atoms with E-state index in [2.05, 4.69) is 32.6 Å². The molecule has 0 N–H and O–H groups in total. The van der Waals surface area contributed by atoms with Gasteiger partial charge in [0.05, 0.1) is 0 Å². The van der Waals surface area contributed by atoms with E-state index in [1.807, 2.05) is 0 Å². The third-order valence-corrected chi connectivity index (χ3v) is 6.37. The molecule has 0 aliphatic heterocycles. The first kappa shape index (κ1) is 29.6. The predicted molar refractivity (Wildman–Crippen MR) is 138 cm³/mol. The number of hydrogen-bond donors (Lipinski definition) is 0. The molecule has 1 unspecified atom stereocenters. The van der Waals surface area contributed by atoms with E-state index in [4.69, 9.17) is 0 Å². The van der Waals surface area contributed by atoms with E-state index >= 15 is 0 Å². The zero-order valence-electron chi connectivity index (χ0n) is 21.0. The molecular formula is C30H56. The lowest BCUT2D eigenvalue weighted by Crippen LogP contribution is -1.94. The molecule has 0 aromatic rings. The fourth-order valence-electron chi connectivity index (χ4n) is 4.21. The molecule has 176 valence electrons. The topological polar surface area (TPSA) is 0 Å². The van der Waals surface area contributed by atoms with Crippen molar-refractivity contribution < 1.29 is 0 Å². The van der Waals surface area contributed by atoms with Gasteiger partial charge in [-0.05, 0) is 18.8 Å². The van der Waals surface area contributed by atoms with Crippen LogP contribution in [0, 0.1) is 31.6 Å². The van der Waals surface area contributed by atoms with Gasteiger partial charge in [0.2, 0.25) is 0 Å². The lowest BCUT2D eigenvalue weighted by molar-refractivity contribution is 0.437. The van der Waals surface area contributed by atoms with Gasteiger partial charge in [0, 0.05) is 12.8 Å². The van der Waals surface area contributed by atoms with Crippen LogP contribution in [-0.4, -0.2) is 0 Å². The fraction of sp³-hybridized carbons (Fsp3) is 0.867. The highest BCUT2D eigenvalue weighted by molar-refractivity contribution is 4.98. The Hall–Kier alpha value is -0.440. The molecule has 0 spiro atoms. The van der Waals surface area contributed by atoms with E-state index < -0.39 is 0 Å². The normalized spacial score (nSPS) is 12.0. The van der Waals surface area contributed by atoms with Gasteiger partial charge in [-0.3, -0.25) is 0 Å². The second-order valence-electron chi connectivity index (χ2n) is 9.61. The average molecular weight is 417 g/mol. The van der Waals surface area contributed by atoms with Crippen LogP contribution < -0.4 is 0 Å². The van der Waals surface area contributed by atoms with Crippen LogP contribution in [0.5, 0.6) is 0 Å². The summed E-state index contributed by atoms with van der Waals surface area (Å²) in [6.45, 7) is 10.3. The highest BCUT2D eigenvalue weighted by Crippen LogP contribution is 2.18. The minimum absolute atomic E-state index is 0.931. The van der Waals surface area contributed by atoms with Crippen LogP contribution in [0.1, 0.15) is 161 Å². The zero-order chi connectivity index (χ0) is 22.0. The SMILES string of the molecule is [CH2]CCCCCCCC#CCCCCCCCCCCCCCC(C)CCCC[CH2]. The molecule has 0 rings (SSSR count). The Labute approximate surface area is 192 Å². The minimum Gasteiger partial charge on any atom is -0.103 e. The summed E-state index contributed by atoms with van der Waals surface area (Å²) in [6, 6.07) is 0. The Morgan fingerprint density at radius 3 is 1.17 bits per heavy atom. The molecule has 2 radical (unpaired) electrons. The van der Waals surface area contributed by atoms with E-state index in [9.17, 15) is 0 Å². The fourth-order valence-corrected chi connectivity index (χ4v) is 4.21. The highest BCUT2D eigenvalue weighted by Gasteiger charge is 2.01. The van der Waals surface area contributed by atoms with Crippen LogP contribution in [0.25, 0.3) is 0 Å². The number of hydrogen-bond acceptors (Lipinski definition) is 0. The molecule has 0 saturated heterocycles. The zero-order valence-corrected chi connectivity index (χ0v) is 21.0. The van der Waals surface area contributed by atoms with E-state index in [0.717, 1.165) is 31.6 Å². The van der Waals surface area contributed by atoms with Crippen molar-refractivity contribution in [2.45, 2.75) is 161 Å². The van der Waals surface area contributed by atoms with Crippen LogP contribution >= 0.6 is 0 Å². The number of unbranched alkanes of at least 4 members (excludes halogenated alkanes) is 19. The van der Waals surface area contributed by atoms with Crippen molar-refractivity contribution in [3.8, 4) is 11.8 Å². The average Bonchev–Trinajstić information content (AvgIpc) is 2.75. The second-order valence-corrected chi connectivity index (χ2v) is 9.61. The molecular weight excluding hydrogens is 360 g/mol. The first-order chi connectivity index (χ1) is 14.8. The Bertz CT molecular complexity index is 358. The molecule has 0 heteroatoms. The predicted octanol–water partition coefficient (Wildman–Crippen LogP) is 10.7. The van der Waals surface area contributed by atoms with Gasteiger partial charge in [0.1, 0.15) is 0 Å². The molecule has 0 aromatic heterocycles. The lowest BCUT2D eigenvalue weighted by Gasteiger charge is -2.10. The molecule has 0 bridgehead atoms. The largest absolute Gasteiger partial charge is 0.103 e. The standard InChI is InChI=1S/C30H56/c1-4-6-8-9-10-11-12-13-14-15-16-17-18-19-20-21-22-23-24-25-27-29-30(3)28-26-7-5-2/h30H,1-2,4-12,15-29H2,3H3. The van der Waals surface area contributed by atoms with Crippen molar-refractivity contribution in [3.63, 3.8) is 0 Å². The second kappa shape index (κ2) is 26.6. The molecule has 0 saturated carbocycles. The maximum absolute atomic E-state index is 3.94. The lowest BCUT2D eigenvalue weighted by atomic mass is 9.96. The van der Waals surface area contributed by atoms with Crippen LogP contribution in [0.4, 0.5) is 0 Å². The monoisotopic (exact) mass is 416 g/mol. The summed E-state index contributed by atoms with van der Waals surface area (Å²) in [5, 5.41) is 0. The smallest absolute Gasteiger partial charge is 0.00886 e. The molecule has 1 atom stereocenters. The van der Waals surface area contributed by atoms with E-state index in [0.29, 0.717) is 0 Å². The molecule has 0 aromatic carbocycles. The van der Waals surface area contributed by atoms with Crippen molar-refractivity contribution in [1.29, 1.82) is 0 Å². The molecule has 0 fully saturated rings. The van der Waals surface area contributed by atoms with Crippen molar-refractivity contribution in [3.05, 3.63) is 13.8 Å². The summed E-state index contributed by atoms with van der Waals surface area (Å²) in [7, 11) is 0. The van der Waals surface area contributed by atoms with E-state index in [1.54, 1.807) is 0 Å². The van der Waals surface area contributed by atoms with Gasteiger partial charge >= 0.3 is 0 Å². The van der Waals surface area contributed by atoms with Crippen molar-refractivity contribution in [2.75, 3.05) is 0 Å². The molecule has 30 heavy (non-hydrogen) atoms. The molecule has 0 amide bonds. The van der Waals surface area contributed by atoms with Gasteiger partial charge in [-0.1, -0.05) is 149 Å². The van der Waals surface area contributed by atoms with Crippen molar-refractivity contribution in [2.24, 2.45) is 5.92 Å². The van der Waals surface area contributed by atoms with Gasteiger partial charge in [-0.2, -0.15) is 0 Å². The number of rotatable bonds is 23. The van der Waals surface area contributed by atoms with Crippen LogP contribution in [0.2, 0.25) is 0 Å². The summed E-state index contributed by atoms with van der Waals surface area (Å²) < 4.78 is 0. The highest BCUT2D eigenvalue weighted by atomic mass is 14.1. The maximum atomic E-state index is 3.94. The van der Waals surface area contributed by atoms with Crippen LogP contribution in [0.3, 0.4) is 0 Å². The molecule has 0 nitrogen and oxygen atoms in total.